The fourth-order valence-corrected chi connectivity index (χ4v) is 4.11. The van der Waals surface area contributed by atoms with Crippen molar-refractivity contribution in [3.8, 4) is 5.75 Å². The number of likely N-dealkylation sites (tertiary alicyclic amines) is 1. The summed E-state index contributed by atoms with van der Waals surface area (Å²) in [5.41, 5.74) is 2.36. The van der Waals surface area contributed by atoms with Crippen LogP contribution in [0.2, 0.25) is 0 Å². The van der Waals surface area contributed by atoms with Crippen molar-refractivity contribution in [2.45, 2.75) is 38.8 Å². The van der Waals surface area contributed by atoms with Gasteiger partial charge in [-0.25, -0.2) is 0 Å². The molecule has 0 bridgehead atoms. The van der Waals surface area contributed by atoms with Crippen molar-refractivity contribution in [2.24, 2.45) is 0 Å². The Morgan fingerprint density at radius 2 is 1.96 bits per heavy atom. The Kier molecular flexibility index (Phi) is 6.10. The quantitative estimate of drug-likeness (QED) is 0.777. The average molecular weight is 359 g/mol. The number of amides is 1. The van der Waals surface area contributed by atoms with E-state index in [-0.39, 0.29) is 11.9 Å². The molecule has 0 radical (unpaired) electrons. The van der Waals surface area contributed by atoms with Crippen LogP contribution in [0.1, 0.15) is 31.7 Å². The van der Waals surface area contributed by atoms with Crippen molar-refractivity contribution < 1.29 is 9.53 Å². The number of methoxy groups -OCH3 is 1. The molecule has 3 rings (SSSR count). The number of rotatable bonds is 6. The molecule has 1 aromatic heterocycles. The van der Waals surface area contributed by atoms with Crippen LogP contribution in [-0.4, -0.2) is 37.0 Å². The molecule has 25 heavy (non-hydrogen) atoms. The number of carbonyl (C=O) groups is 1. The summed E-state index contributed by atoms with van der Waals surface area (Å²) in [4.78, 5) is 17.1. The van der Waals surface area contributed by atoms with Gasteiger partial charge in [-0.05, 0) is 59.5 Å². The molecule has 2 aromatic rings. The van der Waals surface area contributed by atoms with Crippen molar-refractivity contribution in [3.63, 3.8) is 0 Å². The molecule has 0 saturated carbocycles. The molecule has 2 heterocycles. The van der Waals surface area contributed by atoms with Gasteiger partial charge >= 0.3 is 0 Å². The number of hydrogen-bond acceptors (Lipinski definition) is 4. The third-order valence-corrected chi connectivity index (χ3v) is 5.56. The lowest BCUT2D eigenvalue weighted by Crippen LogP contribution is -2.47. The molecule has 1 aliphatic rings. The predicted molar refractivity (Wildman–Crippen MR) is 103 cm³/mol. The van der Waals surface area contributed by atoms with Gasteiger partial charge in [-0.3, -0.25) is 9.69 Å². The molecule has 1 aromatic carbocycles. The van der Waals surface area contributed by atoms with E-state index in [0.717, 1.165) is 43.9 Å². The van der Waals surface area contributed by atoms with Crippen molar-refractivity contribution in [2.75, 3.05) is 25.1 Å². The molecule has 0 unspecified atom stereocenters. The van der Waals surface area contributed by atoms with Gasteiger partial charge in [0, 0.05) is 37.8 Å². The standard InChI is InChI=1S/C20H26N2O2S/c1-3-20(23)22(17-4-6-19(24-2)7-5-17)18-8-11-21(12-9-18)14-16-10-13-25-15-16/h4-7,10,13,15,18H,3,8-9,11-12,14H2,1-2H3. The van der Waals surface area contributed by atoms with E-state index in [0.29, 0.717) is 6.42 Å². The molecule has 1 saturated heterocycles. The van der Waals surface area contributed by atoms with Crippen LogP contribution in [0.15, 0.2) is 41.1 Å². The van der Waals surface area contributed by atoms with Crippen LogP contribution in [0.4, 0.5) is 5.69 Å². The van der Waals surface area contributed by atoms with Crippen LogP contribution in [0.3, 0.4) is 0 Å². The summed E-state index contributed by atoms with van der Waals surface area (Å²) in [6.45, 7) is 5.01. The number of carbonyl (C=O) groups excluding carboxylic acids is 1. The van der Waals surface area contributed by atoms with E-state index in [1.165, 1.54) is 5.56 Å². The van der Waals surface area contributed by atoms with E-state index in [9.17, 15) is 4.79 Å². The van der Waals surface area contributed by atoms with Crippen LogP contribution >= 0.6 is 11.3 Å². The summed E-state index contributed by atoms with van der Waals surface area (Å²) in [5.74, 6) is 1.01. The zero-order chi connectivity index (χ0) is 17.6. The highest BCUT2D eigenvalue weighted by atomic mass is 32.1. The van der Waals surface area contributed by atoms with Crippen molar-refractivity contribution in [1.29, 1.82) is 0 Å². The average Bonchev–Trinajstić information content (AvgIpc) is 3.17. The maximum absolute atomic E-state index is 12.6. The van der Waals surface area contributed by atoms with Crippen molar-refractivity contribution in [3.05, 3.63) is 46.7 Å². The van der Waals surface area contributed by atoms with Gasteiger partial charge in [0.2, 0.25) is 5.91 Å². The number of piperidine rings is 1. The van der Waals surface area contributed by atoms with E-state index in [2.05, 4.69) is 21.7 Å². The molecule has 4 nitrogen and oxygen atoms in total. The highest BCUT2D eigenvalue weighted by Gasteiger charge is 2.28. The van der Waals surface area contributed by atoms with Crippen LogP contribution < -0.4 is 9.64 Å². The van der Waals surface area contributed by atoms with Crippen molar-refractivity contribution in [1.82, 2.24) is 4.90 Å². The van der Waals surface area contributed by atoms with E-state index < -0.39 is 0 Å². The van der Waals surface area contributed by atoms with Gasteiger partial charge in [0.25, 0.3) is 0 Å². The lowest BCUT2D eigenvalue weighted by Gasteiger charge is -2.38. The number of benzene rings is 1. The third-order valence-electron chi connectivity index (χ3n) is 4.83. The molecule has 0 atom stereocenters. The SMILES string of the molecule is CCC(=O)N(c1ccc(OC)cc1)C1CCN(Cc2ccsc2)CC1. The van der Waals surface area contributed by atoms with Gasteiger partial charge in [-0.1, -0.05) is 6.92 Å². The smallest absolute Gasteiger partial charge is 0.226 e. The zero-order valence-corrected chi connectivity index (χ0v) is 15.8. The Morgan fingerprint density at radius 1 is 1.24 bits per heavy atom. The van der Waals surface area contributed by atoms with Crippen LogP contribution in [-0.2, 0) is 11.3 Å². The van der Waals surface area contributed by atoms with E-state index in [1.807, 2.05) is 36.1 Å². The first kappa shape index (κ1) is 18.0. The lowest BCUT2D eigenvalue weighted by atomic mass is 10.0. The second kappa shape index (κ2) is 8.50. The van der Waals surface area contributed by atoms with Gasteiger partial charge in [-0.2, -0.15) is 11.3 Å². The van der Waals surface area contributed by atoms with E-state index >= 15 is 0 Å². The molecular formula is C20H26N2O2S. The second-order valence-corrected chi connectivity index (χ2v) is 7.23. The van der Waals surface area contributed by atoms with Crippen LogP contribution in [0.25, 0.3) is 0 Å². The maximum atomic E-state index is 12.6. The zero-order valence-electron chi connectivity index (χ0n) is 15.0. The van der Waals surface area contributed by atoms with E-state index in [4.69, 9.17) is 4.74 Å². The summed E-state index contributed by atoms with van der Waals surface area (Å²) < 4.78 is 5.24. The number of anilines is 1. The Hall–Kier alpha value is -1.85. The second-order valence-electron chi connectivity index (χ2n) is 6.45. The first-order chi connectivity index (χ1) is 12.2. The van der Waals surface area contributed by atoms with Gasteiger partial charge in [0.1, 0.15) is 5.75 Å². The summed E-state index contributed by atoms with van der Waals surface area (Å²) >= 11 is 1.75. The number of ether oxygens (including phenoxy) is 1. The Morgan fingerprint density at radius 3 is 2.52 bits per heavy atom. The first-order valence-corrected chi connectivity index (χ1v) is 9.85. The Balaban J connectivity index is 1.66. The Bertz CT molecular complexity index is 662. The molecule has 134 valence electrons. The highest BCUT2D eigenvalue weighted by Crippen LogP contribution is 2.27. The molecule has 1 aliphatic heterocycles. The topological polar surface area (TPSA) is 32.8 Å². The van der Waals surface area contributed by atoms with Gasteiger partial charge < -0.3 is 9.64 Å². The summed E-state index contributed by atoms with van der Waals surface area (Å²) in [6, 6.07) is 10.3. The third kappa shape index (κ3) is 4.41. The first-order valence-electron chi connectivity index (χ1n) is 8.90. The monoisotopic (exact) mass is 358 g/mol. The van der Waals surface area contributed by atoms with Gasteiger partial charge in [-0.15, -0.1) is 0 Å². The van der Waals surface area contributed by atoms with Crippen molar-refractivity contribution >= 4 is 22.9 Å². The number of nitrogens with zero attached hydrogens (tertiary/aromatic N) is 2. The highest BCUT2D eigenvalue weighted by molar-refractivity contribution is 7.07. The maximum Gasteiger partial charge on any atom is 0.226 e. The summed E-state index contributed by atoms with van der Waals surface area (Å²) in [5, 5.41) is 4.35. The predicted octanol–water partition coefficient (Wildman–Crippen LogP) is 4.16. The number of thiophene rings is 1. The lowest BCUT2D eigenvalue weighted by molar-refractivity contribution is -0.119. The van der Waals surface area contributed by atoms with Gasteiger partial charge in [0.05, 0.1) is 7.11 Å². The largest absolute Gasteiger partial charge is 0.497 e. The minimum atomic E-state index is 0.196. The fourth-order valence-electron chi connectivity index (χ4n) is 3.45. The minimum absolute atomic E-state index is 0.196. The van der Waals surface area contributed by atoms with E-state index in [1.54, 1.807) is 18.4 Å². The molecule has 0 spiro atoms. The van der Waals surface area contributed by atoms with Crippen LogP contribution in [0.5, 0.6) is 5.75 Å². The number of hydrogen-bond donors (Lipinski definition) is 0. The summed E-state index contributed by atoms with van der Waals surface area (Å²) in [6.07, 6.45) is 2.56. The molecule has 0 N–H and O–H groups in total. The molecular weight excluding hydrogens is 332 g/mol. The minimum Gasteiger partial charge on any atom is -0.497 e. The fraction of sp³-hybridized carbons (Fsp3) is 0.450. The summed E-state index contributed by atoms with van der Waals surface area (Å²) in [7, 11) is 1.66. The van der Waals surface area contributed by atoms with Crippen LogP contribution in [0, 0.1) is 0 Å². The molecule has 0 aliphatic carbocycles. The Labute approximate surface area is 154 Å². The molecule has 1 amide bonds. The molecule has 5 heteroatoms. The van der Waals surface area contributed by atoms with Gasteiger partial charge in [0.15, 0.2) is 0 Å². The normalized spacial score (nSPS) is 15.9. The molecule has 1 fully saturated rings.